The molecule has 2 aliphatic heterocycles. The Hall–Kier alpha value is -1.60. The van der Waals surface area contributed by atoms with E-state index in [1.807, 2.05) is 20.2 Å². The minimum atomic E-state index is -0.0402. The lowest BCUT2D eigenvalue weighted by Crippen LogP contribution is -2.56. The zero-order chi connectivity index (χ0) is 15.0. The van der Waals surface area contributed by atoms with Crippen LogP contribution in [-0.4, -0.2) is 59.2 Å². The highest BCUT2D eigenvalue weighted by molar-refractivity contribution is 5.98. The number of nitrogens with zero attached hydrogens (tertiary/aromatic N) is 4. The van der Waals surface area contributed by atoms with Crippen molar-refractivity contribution in [3.63, 3.8) is 0 Å². The monoisotopic (exact) mass is 327 g/mol. The molecule has 0 aromatic carbocycles. The molecular formula is C14H22ClN5O2. The fraction of sp³-hybridized carbons (Fsp3) is 0.643. The lowest BCUT2D eigenvalue weighted by molar-refractivity contribution is -0.141. The van der Waals surface area contributed by atoms with E-state index in [4.69, 9.17) is 0 Å². The first-order chi connectivity index (χ1) is 10.1. The quantitative estimate of drug-likeness (QED) is 0.840. The van der Waals surface area contributed by atoms with Crippen LogP contribution >= 0.6 is 12.4 Å². The van der Waals surface area contributed by atoms with Crippen molar-refractivity contribution in [1.29, 1.82) is 0 Å². The number of carbonyl (C=O) groups is 2. The van der Waals surface area contributed by atoms with E-state index in [-0.39, 0.29) is 36.7 Å². The first-order valence-electron chi connectivity index (χ1n) is 7.35. The number of nitrogens with one attached hydrogen (secondary N) is 1. The van der Waals surface area contributed by atoms with Gasteiger partial charge in [0.25, 0.3) is 0 Å². The second-order valence-electron chi connectivity index (χ2n) is 5.88. The van der Waals surface area contributed by atoms with Crippen LogP contribution in [-0.2, 0) is 16.6 Å². The van der Waals surface area contributed by atoms with E-state index < -0.39 is 0 Å². The topological polar surface area (TPSA) is 70.5 Å². The molecule has 0 spiro atoms. The van der Waals surface area contributed by atoms with Gasteiger partial charge < -0.3 is 15.1 Å². The maximum atomic E-state index is 12.4. The van der Waals surface area contributed by atoms with E-state index in [1.54, 1.807) is 20.7 Å². The van der Waals surface area contributed by atoms with E-state index in [2.05, 4.69) is 10.4 Å². The minimum Gasteiger partial charge on any atom is -0.331 e. The number of aromatic nitrogens is 2. The molecule has 1 aromatic heterocycles. The summed E-state index contributed by atoms with van der Waals surface area (Å²) in [5.74, 6) is 0.454. The van der Waals surface area contributed by atoms with Crippen LogP contribution in [0.1, 0.15) is 6.92 Å². The van der Waals surface area contributed by atoms with Gasteiger partial charge in [0, 0.05) is 32.3 Å². The summed E-state index contributed by atoms with van der Waals surface area (Å²) in [5.41, 5.74) is 0.797. The van der Waals surface area contributed by atoms with Crippen molar-refractivity contribution in [2.45, 2.75) is 6.92 Å². The van der Waals surface area contributed by atoms with Crippen LogP contribution in [0.3, 0.4) is 0 Å². The zero-order valence-corrected chi connectivity index (χ0v) is 13.7. The van der Waals surface area contributed by atoms with Crippen LogP contribution < -0.4 is 10.2 Å². The molecule has 22 heavy (non-hydrogen) atoms. The lowest BCUT2D eigenvalue weighted by Gasteiger charge is -2.38. The molecule has 3 heterocycles. The van der Waals surface area contributed by atoms with Gasteiger partial charge in [0.15, 0.2) is 0 Å². The standard InChI is InChI=1S/C14H21N5O2.ClH/c1-10(11-5-15-6-11)14(21)18-3-4-19(13(20)9-18)12-7-16-17(2)8-12;/h7-8,10-11,15H,3-6,9H2,1-2H3;1H. The third-order valence-corrected chi connectivity index (χ3v) is 4.44. The van der Waals surface area contributed by atoms with E-state index in [0.717, 1.165) is 18.8 Å². The number of piperazine rings is 1. The van der Waals surface area contributed by atoms with Crippen molar-refractivity contribution < 1.29 is 9.59 Å². The Balaban J connectivity index is 0.00000176. The van der Waals surface area contributed by atoms with Crippen LogP contribution in [0.4, 0.5) is 5.69 Å². The second-order valence-corrected chi connectivity index (χ2v) is 5.88. The number of hydrogen-bond donors (Lipinski definition) is 1. The van der Waals surface area contributed by atoms with Crippen molar-refractivity contribution in [2.75, 3.05) is 37.6 Å². The van der Waals surface area contributed by atoms with Gasteiger partial charge in [-0.1, -0.05) is 6.92 Å². The van der Waals surface area contributed by atoms with Crippen molar-refractivity contribution in [1.82, 2.24) is 20.0 Å². The predicted molar refractivity (Wildman–Crippen MR) is 84.9 cm³/mol. The molecule has 7 nitrogen and oxygen atoms in total. The highest BCUT2D eigenvalue weighted by Gasteiger charge is 2.35. The van der Waals surface area contributed by atoms with Gasteiger partial charge in [0.2, 0.25) is 11.8 Å². The average Bonchev–Trinajstić information content (AvgIpc) is 2.82. The van der Waals surface area contributed by atoms with Crippen LogP contribution in [0, 0.1) is 11.8 Å². The Kier molecular flexibility index (Phi) is 5.08. The molecule has 2 aliphatic rings. The Labute approximate surface area is 136 Å². The van der Waals surface area contributed by atoms with Crippen LogP contribution in [0.25, 0.3) is 0 Å². The fourth-order valence-electron chi connectivity index (χ4n) is 2.84. The number of anilines is 1. The summed E-state index contributed by atoms with van der Waals surface area (Å²) in [5, 5.41) is 7.27. The number of aryl methyl sites for hydroxylation is 1. The SMILES string of the molecule is CC(C(=O)N1CCN(c2cnn(C)c2)C(=O)C1)C1CNC1.Cl. The van der Waals surface area contributed by atoms with Gasteiger partial charge in [-0.3, -0.25) is 14.3 Å². The van der Waals surface area contributed by atoms with Crippen LogP contribution in [0.15, 0.2) is 12.4 Å². The van der Waals surface area contributed by atoms with E-state index >= 15 is 0 Å². The molecule has 1 atom stereocenters. The molecular weight excluding hydrogens is 306 g/mol. The molecule has 122 valence electrons. The van der Waals surface area contributed by atoms with Crippen molar-refractivity contribution in [3.8, 4) is 0 Å². The van der Waals surface area contributed by atoms with Gasteiger partial charge in [-0.15, -0.1) is 12.4 Å². The van der Waals surface area contributed by atoms with Gasteiger partial charge in [0.05, 0.1) is 11.9 Å². The third kappa shape index (κ3) is 3.10. The molecule has 0 saturated carbocycles. The van der Waals surface area contributed by atoms with Crippen LogP contribution in [0.5, 0.6) is 0 Å². The molecule has 1 unspecified atom stereocenters. The molecule has 2 fully saturated rings. The maximum Gasteiger partial charge on any atom is 0.246 e. The summed E-state index contributed by atoms with van der Waals surface area (Å²) >= 11 is 0. The second kappa shape index (κ2) is 6.66. The summed E-state index contributed by atoms with van der Waals surface area (Å²) in [6.45, 7) is 5.05. The largest absolute Gasteiger partial charge is 0.331 e. The molecule has 1 N–H and O–H groups in total. The van der Waals surface area contributed by atoms with Crippen molar-refractivity contribution in [2.24, 2.45) is 18.9 Å². The maximum absolute atomic E-state index is 12.4. The molecule has 0 aliphatic carbocycles. The van der Waals surface area contributed by atoms with E-state index in [0.29, 0.717) is 19.0 Å². The smallest absolute Gasteiger partial charge is 0.246 e. The number of amides is 2. The van der Waals surface area contributed by atoms with Gasteiger partial charge >= 0.3 is 0 Å². The Morgan fingerprint density at radius 1 is 1.41 bits per heavy atom. The summed E-state index contributed by atoms with van der Waals surface area (Å²) in [6.07, 6.45) is 3.50. The average molecular weight is 328 g/mol. The number of carbonyl (C=O) groups excluding carboxylic acids is 2. The highest BCUT2D eigenvalue weighted by atomic mass is 35.5. The molecule has 1 aromatic rings. The van der Waals surface area contributed by atoms with E-state index in [9.17, 15) is 9.59 Å². The number of rotatable bonds is 3. The molecule has 2 saturated heterocycles. The van der Waals surface area contributed by atoms with Crippen LogP contribution in [0.2, 0.25) is 0 Å². The highest BCUT2D eigenvalue weighted by Crippen LogP contribution is 2.21. The fourth-order valence-corrected chi connectivity index (χ4v) is 2.84. The molecule has 3 rings (SSSR count). The number of halogens is 1. The Bertz CT molecular complexity index is 557. The molecule has 0 radical (unpaired) electrons. The van der Waals surface area contributed by atoms with Crippen molar-refractivity contribution >= 4 is 29.9 Å². The summed E-state index contributed by atoms with van der Waals surface area (Å²) < 4.78 is 1.67. The Morgan fingerprint density at radius 2 is 2.14 bits per heavy atom. The number of hydrogen-bond acceptors (Lipinski definition) is 4. The summed E-state index contributed by atoms with van der Waals surface area (Å²) in [6, 6.07) is 0. The zero-order valence-electron chi connectivity index (χ0n) is 12.9. The lowest BCUT2D eigenvalue weighted by atomic mass is 9.88. The normalized spacial score (nSPS) is 20.4. The third-order valence-electron chi connectivity index (χ3n) is 4.44. The first kappa shape index (κ1) is 16.8. The molecule has 8 heteroatoms. The van der Waals surface area contributed by atoms with Gasteiger partial charge in [0.1, 0.15) is 6.54 Å². The van der Waals surface area contributed by atoms with Gasteiger partial charge in [-0.2, -0.15) is 5.10 Å². The predicted octanol–water partition coefficient (Wildman–Crippen LogP) is -0.127. The Morgan fingerprint density at radius 3 is 2.64 bits per heavy atom. The minimum absolute atomic E-state index is 0. The molecule has 0 bridgehead atoms. The van der Waals surface area contributed by atoms with Gasteiger partial charge in [-0.05, 0) is 19.0 Å². The molecule has 2 amide bonds. The van der Waals surface area contributed by atoms with E-state index in [1.165, 1.54) is 0 Å². The van der Waals surface area contributed by atoms with Gasteiger partial charge in [-0.25, -0.2) is 0 Å². The van der Waals surface area contributed by atoms with Crippen molar-refractivity contribution in [3.05, 3.63) is 12.4 Å². The summed E-state index contributed by atoms with van der Waals surface area (Å²) in [7, 11) is 1.82. The first-order valence-corrected chi connectivity index (χ1v) is 7.35. The summed E-state index contributed by atoms with van der Waals surface area (Å²) in [4.78, 5) is 28.1.